The van der Waals surface area contributed by atoms with Crippen LogP contribution in [0, 0.1) is 11.8 Å². The smallest absolute Gasteiger partial charge is 0.417 e. The van der Waals surface area contributed by atoms with Gasteiger partial charge >= 0.3 is 12.2 Å². The molecule has 0 aromatic rings. The highest BCUT2D eigenvalue weighted by molar-refractivity contribution is 5.97. The lowest BCUT2D eigenvalue weighted by atomic mass is 10.0. The summed E-state index contributed by atoms with van der Waals surface area (Å²) < 4.78 is 15.2. The summed E-state index contributed by atoms with van der Waals surface area (Å²) in [6, 6.07) is 0. The van der Waals surface area contributed by atoms with Crippen LogP contribution >= 0.6 is 0 Å². The lowest BCUT2D eigenvalue weighted by molar-refractivity contribution is -0.126. The molecule has 0 unspecified atom stereocenters. The largest absolute Gasteiger partial charge is 0.449 e. The van der Waals surface area contributed by atoms with Gasteiger partial charge in [-0.2, -0.15) is 0 Å². The first-order valence-corrected chi connectivity index (χ1v) is 7.60. The topological polar surface area (TPSA) is 85.4 Å². The number of rotatable bonds is 4. The van der Waals surface area contributed by atoms with E-state index in [9.17, 15) is 14.4 Å². The van der Waals surface area contributed by atoms with Gasteiger partial charge in [-0.15, -0.1) is 0 Å². The molecule has 0 N–H and O–H groups in total. The third-order valence-corrected chi connectivity index (χ3v) is 4.28. The number of carbonyl (C=O) groups is 3. The number of imide groups is 1. The van der Waals surface area contributed by atoms with E-state index in [0.29, 0.717) is 32.2 Å². The third kappa shape index (κ3) is 3.32. The van der Waals surface area contributed by atoms with Crippen molar-refractivity contribution in [1.82, 2.24) is 9.80 Å². The Morgan fingerprint density at radius 1 is 1.18 bits per heavy atom. The highest BCUT2D eigenvalue weighted by Crippen LogP contribution is 2.21. The van der Waals surface area contributed by atoms with Crippen LogP contribution in [0.4, 0.5) is 9.59 Å². The van der Waals surface area contributed by atoms with Gasteiger partial charge in [-0.1, -0.05) is 0 Å². The summed E-state index contributed by atoms with van der Waals surface area (Å²) in [5, 5.41) is 0. The second-order valence-electron chi connectivity index (χ2n) is 5.96. The molecule has 3 aliphatic rings. The number of hydrogen-bond acceptors (Lipinski definition) is 6. The molecule has 8 nitrogen and oxygen atoms in total. The van der Waals surface area contributed by atoms with Gasteiger partial charge in [-0.3, -0.25) is 4.79 Å². The van der Waals surface area contributed by atoms with E-state index in [4.69, 9.17) is 9.47 Å². The highest BCUT2D eigenvalue weighted by Gasteiger charge is 2.38. The van der Waals surface area contributed by atoms with Crippen molar-refractivity contribution in [2.24, 2.45) is 11.8 Å². The van der Waals surface area contributed by atoms with Crippen molar-refractivity contribution in [2.75, 3.05) is 46.1 Å². The normalized spacial score (nSPS) is 23.5. The van der Waals surface area contributed by atoms with Crippen molar-refractivity contribution < 1.29 is 28.6 Å². The Morgan fingerprint density at radius 2 is 1.91 bits per heavy atom. The van der Waals surface area contributed by atoms with Crippen LogP contribution < -0.4 is 0 Å². The van der Waals surface area contributed by atoms with Gasteiger partial charge in [0.2, 0.25) is 0 Å². The Hall–Kier alpha value is -1.83. The second kappa shape index (κ2) is 6.51. The van der Waals surface area contributed by atoms with Crippen molar-refractivity contribution in [3.05, 3.63) is 0 Å². The number of amides is 3. The molecule has 0 spiro atoms. The quantitative estimate of drug-likeness (QED) is 0.750. The van der Waals surface area contributed by atoms with Crippen LogP contribution in [0.25, 0.3) is 0 Å². The molecule has 0 atom stereocenters. The molecule has 3 aliphatic heterocycles. The zero-order chi connectivity index (χ0) is 15.5. The van der Waals surface area contributed by atoms with Gasteiger partial charge in [0.1, 0.15) is 0 Å². The molecule has 0 aliphatic carbocycles. The molecule has 3 fully saturated rings. The molecule has 0 saturated carbocycles. The average molecular weight is 312 g/mol. The van der Waals surface area contributed by atoms with E-state index in [1.807, 2.05) is 0 Å². The summed E-state index contributed by atoms with van der Waals surface area (Å²) in [5.74, 6) is 0.169. The average Bonchev–Trinajstić information content (AvgIpc) is 2.80. The zero-order valence-electron chi connectivity index (χ0n) is 12.4. The van der Waals surface area contributed by atoms with Crippen molar-refractivity contribution >= 4 is 18.1 Å². The van der Waals surface area contributed by atoms with E-state index < -0.39 is 6.09 Å². The molecule has 3 amide bonds. The third-order valence-electron chi connectivity index (χ3n) is 4.28. The minimum Gasteiger partial charge on any atom is -0.449 e. The van der Waals surface area contributed by atoms with Gasteiger partial charge in [0.25, 0.3) is 5.91 Å². The second-order valence-corrected chi connectivity index (χ2v) is 5.96. The number of ether oxygens (including phenoxy) is 3. The summed E-state index contributed by atoms with van der Waals surface area (Å²) in [4.78, 5) is 37.3. The van der Waals surface area contributed by atoms with Crippen LogP contribution in [0.1, 0.15) is 12.8 Å². The number of nitrogens with zero attached hydrogens (tertiary/aromatic N) is 2. The maximum atomic E-state index is 11.9. The molecule has 8 heteroatoms. The molecule has 0 aromatic carbocycles. The number of hydrogen-bond donors (Lipinski definition) is 0. The van der Waals surface area contributed by atoms with Crippen LogP contribution in [0.3, 0.4) is 0 Å². The van der Waals surface area contributed by atoms with Gasteiger partial charge in [-0.25, -0.2) is 14.5 Å². The van der Waals surface area contributed by atoms with E-state index in [-0.39, 0.29) is 24.5 Å². The fraction of sp³-hybridized carbons (Fsp3) is 0.786. The van der Waals surface area contributed by atoms with E-state index >= 15 is 0 Å². The molecule has 0 bridgehead atoms. The summed E-state index contributed by atoms with van der Waals surface area (Å²) in [6.07, 6.45) is 0.938. The van der Waals surface area contributed by atoms with Gasteiger partial charge in [0, 0.05) is 38.8 Å². The van der Waals surface area contributed by atoms with Crippen LogP contribution in [-0.4, -0.2) is 74.0 Å². The number of cyclic esters (lactones) is 1. The van der Waals surface area contributed by atoms with Crippen molar-refractivity contribution in [3.8, 4) is 0 Å². The fourth-order valence-electron chi connectivity index (χ4n) is 2.84. The van der Waals surface area contributed by atoms with Crippen LogP contribution in [0.2, 0.25) is 0 Å². The Labute approximate surface area is 128 Å². The molecule has 22 heavy (non-hydrogen) atoms. The van der Waals surface area contributed by atoms with Crippen molar-refractivity contribution in [2.45, 2.75) is 12.8 Å². The maximum absolute atomic E-state index is 11.9. The monoisotopic (exact) mass is 312 g/mol. The number of carbonyl (C=O) groups excluding carboxylic acids is 3. The van der Waals surface area contributed by atoms with Gasteiger partial charge in [-0.05, 0) is 18.8 Å². The molecule has 3 heterocycles. The van der Waals surface area contributed by atoms with E-state index in [1.165, 1.54) is 0 Å². The molecule has 3 saturated heterocycles. The number of likely N-dealkylation sites (tertiary alicyclic amines) is 1. The first-order valence-electron chi connectivity index (χ1n) is 7.60. The highest BCUT2D eigenvalue weighted by atomic mass is 16.6. The Kier molecular flexibility index (Phi) is 4.47. The van der Waals surface area contributed by atoms with Gasteiger partial charge < -0.3 is 19.1 Å². The van der Waals surface area contributed by atoms with Crippen LogP contribution in [0.5, 0.6) is 0 Å². The van der Waals surface area contributed by atoms with E-state index in [1.54, 1.807) is 4.90 Å². The molecular formula is C14H20N2O6. The van der Waals surface area contributed by atoms with E-state index in [0.717, 1.165) is 31.0 Å². The Morgan fingerprint density at radius 3 is 2.55 bits per heavy atom. The zero-order valence-corrected chi connectivity index (χ0v) is 12.4. The Balaban J connectivity index is 1.35. The lowest BCUT2D eigenvalue weighted by Crippen LogP contribution is -2.54. The minimum absolute atomic E-state index is 0.102. The molecular weight excluding hydrogens is 292 g/mol. The van der Waals surface area contributed by atoms with E-state index in [2.05, 4.69) is 4.74 Å². The predicted octanol–water partition coefficient (Wildman–Crippen LogP) is 0.460. The first-order chi connectivity index (χ1) is 10.6. The standard InChI is InChI=1S/C14H20N2O6/c17-12-9-22-14(19)16(12)7-11-5-15(6-11)13(18)21-8-10-1-3-20-4-2-10/h10-11H,1-9H2. The van der Waals surface area contributed by atoms with Crippen molar-refractivity contribution in [1.29, 1.82) is 0 Å². The first kappa shape index (κ1) is 15.1. The summed E-state index contributed by atoms with van der Waals surface area (Å²) in [6.45, 7) is 3.03. The minimum atomic E-state index is -0.592. The van der Waals surface area contributed by atoms with Crippen LogP contribution in [0.15, 0.2) is 0 Å². The van der Waals surface area contributed by atoms with Gasteiger partial charge in [0.05, 0.1) is 6.61 Å². The lowest BCUT2D eigenvalue weighted by Gasteiger charge is -2.39. The summed E-state index contributed by atoms with van der Waals surface area (Å²) in [7, 11) is 0. The molecule has 0 aromatic heterocycles. The fourth-order valence-corrected chi connectivity index (χ4v) is 2.84. The SMILES string of the molecule is O=C(OCC1CCOCC1)N1CC(CN2C(=O)COC2=O)C1. The predicted molar refractivity (Wildman–Crippen MR) is 73.0 cm³/mol. The summed E-state index contributed by atoms with van der Waals surface area (Å²) >= 11 is 0. The molecule has 0 radical (unpaired) electrons. The van der Waals surface area contributed by atoms with Gasteiger partial charge in [0.15, 0.2) is 6.61 Å². The summed E-state index contributed by atoms with van der Waals surface area (Å²) in [5.41, 5.74) is 0. The Bertz CT molecular complexity index is 440. The molecule has 3 rings (SSSR count). The maximum Gasteiger partial charge on any atom is 0.417 e. The van der Waals surface area contributed by atoms with Crippen LogP contribution in [-0.2, 0) is 19.0 Å². The van der Waals surface area contributed by atoms with Crippen molar-refractivity contribution in [3.63, 3.8) is 0 Å². The molecule has 122 valence electrons.